The summed E-state index contributed by atoms with van der Waals surface area (Å²) < 4.78 is 5.40. The molecule has 1 heterocycles. The number of amides is 2. The van der Waals surface area contributed by atoms with Gasteiger partial charge < -0.3 is 15.0 Å². The topological polar surface area (TPSA) is 61.9 Å². The number of methoxy groups -OCH3 is 1. The SMILES string of the molecule is COc1ccccc1C(C)NC(=O)C(C)N1CCN(C(=O)c2cccc(Cl)c2)CC1. The van der Waals surface area contributed by atoms with Gasteiger partial charge in [-0.2, -0.15) is 0 Å². The second-order valence-corrected chi connectivity index (χ2v) is 7.92. The van der Waals surface area contributed by atoms with Gasteiger partial charge in [0.05, 0.1) is 19.2 Å². The molecule has 0 aliphatic carbocycles. The van der Waals surface area contributed by atoms with Crippen molar-refractivity contribution < 1.29 is 14.3 Å². The molecule has 7 heteroatoms. The van der Waals surface area contributed by atoms with Gasteiger partial charge in [-0.25, -0.2) is 0 Å². The number of ether oxygens (including phenoxy) is 1. The molecule has 0 saturated carbocycles. The molecule has 0 spiro atoms. The van der Waals surface area contributed by atoms with Gasteiger partial charge in [-0.3, -0.25) is 14.5 Å². The molecule has 2 atom stereocenters. The van der Waals surface area contributed by atoms with E-state index in [2.05, 4.69) is 10.2 Å². The Bertz CT molecular complexity index is 897. The Hall–Kier alpha value is -2.57. The van der Waals surface area contributed by atoms with Crippen molar-refractivity contribution in [1.82, 2.24) is 15.1 Å². The zero-order valence-electron chi connectivity index (χ0n) is 17.6. The molecule has 160 valence electrons. The second-order valence-electron chi connectivity index (χ2n) is 7.49. The first-order chi connectivity index (χ1) is 14.4. The number of nitrogens with one attached hydrogen (secondary N) is 1. The van der Waals surface area contributed by atoms with Crippen LogP contribution in [-0.4, -0.2) is 60.9 Å². The minimum atomic E-state index is -0.287. The Labute approximate surface area is 182 Å². The molecule has 1 aliphatic heterocycles. The van der Waals surface area contributed by atoms with Crippen LogP contribution in [0.5, 0.6) is 5.75 Å². The third-order valence-electron chi connectivity index (χ3n) is 5.56. The number of piperazine rings is 1. The van der Waals surface area contributed by atoms with E-state index < -0.39 is 0 Å². The molecule has 2 aromatic rings. The fourth-order valence-corrected chi connectivity index (χ4v) is 3.91. The number of rotatable bonds is 6. The van der Waals surface area contributed by atoms with E-state index in [1.807, 2.05) is 43.0 Å². The summed E-state index contributed by atoms with van der Waals surface area (Å²) >= 11 is 6.00. The fourth-order valence-electron chi connectivity index (χ4n) is 3.72. The number of para-hydroxylation sites is 1. The van der Waals surface area contributed by atoms with Gasteiger partial charge in [0, 0.05) is 42.3 Å². The molecule has 2 amide bonds. The van der Waals surface area contributed by atoms with Crippen LogP contribution in [0.25, 0.3) is 0 Å². The summed E-state index contributed by atoms with van der Waals surface area (Å²) in [5, 5.41) is 3.63. The van der Waals surface area contributed by atoms with Crippen LogP contribution in [0.2, 0.25) is 5.02 Å². The van der Waals surface area contributed by atoms with E-state index in [4.69, 9.17) is 16.3 Å². The van der Waals surface area contributed by atoms with Crippen LogP contribution in [0.4, 0.5) is 0 Å². The van der Waals surface area contributed by atoms with Crippen molar-refractivity contribution in [2.45, 2.75) is 25.9 Å². The zero-order chi connectivity index (χ0) is 21.7. The summed E-state index contributed by atoms with van der Waals surface area (Å²) in [6.45, 7) is 6.28. The van der Waals surface area contributed by atoms with Crippen LogP contribution in [0.15, 0.2) is 48.5 Å². The van der Waals surface area contributed by atoms with Crippen LogP contribution in [-0.2, 0) is 4.79 Å². The van der Waals surface area contributed by atoms with Gasteiger partial charge in [0.15, 0.2) is 0 Å². The number of benzene rings is 2. The van der Waals surface area contributed by atoms with E-state index in [0.717, 1.165) is 11.3 Å². The summed E-state index contributed by atoms with van der Waals surface area (Å²) in [5.41, 5.74) is 1.53. The van der Waals surface area contributed by atoms with Crippen molar-refractivity contribution in [2.75, 3.05) is 33.3 Å². The van der Waals surface area contributed by atoms with Crippen LogP contribution >= 0.6 is 11.6 Å². The Balaban J connectivity index is 1.55. The standard InChI is InChI=1S/C23H28ClN3O3/c1-16(20-9-4-5-10-21(20)30-3)25-22(28)17(2)26-11-13-27(14-12-26)23(29)18-7-6-8-19(24)15-18/h4-10,15-17H,11-14H2,1-3H3,(H,25,28). The molecule has 6 nitrogen and oxygen atoms in total. The number of hydrogen-bond donors (Lipinski definition) is 1. The number of carbonyl (C=O) groups excluding carboxylic acids is 2. The zero-order valence-corrected chi connectivity index (χ0v) is 18.4. The van der Waals surface area contributed by atoms with E-state index in [-0.39, 0.29) is 23.9 Å². The number of nitrogens with zero attached hydrogens (tertiary/aromatic N) is 2. The molecule has 0 bridgehead atoms. The molecule has 1 saturated heterocycles. The highest BCUT2D eigenvalue weighted by Crippen LogP contribution is 2.24. The highest BCUT2D eigenvalue weighted by Gasteiger charge is 2.28. The summed E-state index contributed by atoms with van der Waals surface area (Å²) in [4.78, 5) is 29.4. The molecule has 0 radical (unpaired) electrons. The van der Waals surface area contributed by atoms with Crippen LogP contribution < -0.4 is 10.1 Å². The maximum Gasteiger partial charge on any atom is 0.253 e. The predicted octanol–water partition coefficient (Wildman–Crippen LogP) is 3.37. The molecule has 1 N–H and O–H groups in total. The van der Waals surface area contributed by atoms with Crippen LogP contribution in [0, 0.1) is 0 Å². The molecular formula is C23H28ClN3O3. The molecule has 0 aromatic heterocycles. The third kappa shape index (κ3) is 5.12. The van der Waals surface area contributed by atoms with E-state index in [0.29, 0.717) is 36.8 Å². The maximum absolute atomic E-state index is 12.8. The Morgan fingerprint density at radius 1 is 1.03 bits per heavy atom. The molecular weight excluding hydrogens is 402 g/mol. The first-order valence-corrected chi connectivity index (χ1v) is 10.5. The molecule has 1 fully saturated rings. The fraction of sp³-hybridized carbons (Fsp3) is 0.391. The van der Waals surface area contributed by atoms with Crippen molar-refractivity contribution in [2.24, 2.45) is 0 Å². The lowest BCUT2D eigenvalue weighted by atomic mass is 10.1. The molecule has 30 heavy (non-hydrogen) atoms. The lowest BCUT2D eigenvalue weighted by molar-refractivity contribution is -0.127. The highest BCUT2D eigenvalue weighted by atomic mass is 35.5. The van der Waals surface area contributed by atoms with E-state index in [9.17, 15) is 9.59 Å². The van der Waals surface area contributed by atoms with Crippen LogP contribution in [0.3, 0.4) is 0 Å². The Morgan fingerprint density at radius 2 is 1.73 bits per heavy atom. The maximum atomic E-state index is 12.8. The van der Waals surface area contributed by atoms with Crippen molar-refractivity contribution in [1.29, 1.82) is 0 Å². The number of halogens is 1. The normalized spacial score (nSPS) is 16.6. The number of carbonyl (C=O) groups is 2. The van der Waals surface area contributed by atoms with Gasteiger partial charge in [0.25, 0.3) is 5.91 Å². The summed E-state index contributed by atoms with van der Waals surface area (Å²) in [6.07, 6.45) is 0. The van der Waals surface area contributed by atoms with E-state index in [1.54, 1.807) is 31.4 Å². The minimum absolute atomic E-state index is 0.0287. The van der Waals surface area contributed by atoms with E-state index in [1.165, 1.54) is 0 Å². The minimum Gasteiger partial charge on any atom is -0.496 e. The van der Waals surface area contributed by atoms with Gasteiger partial charge in [-0.15, -0.1) is 0 Å². The molecule has 3 rings (SSSR count). The number of hydrogen-bond acceptors (Lipinski definition) is 4. The second kappa shape index (κ2) is 9.96. The average Bonchev–Trinajstić information content (AvgIpc) is 2.78. The van der Waals surface area contributed by atoms with Gasteiger partial charge in [0.1, 0.15) is 5.75 Å². The third-order valence-corrected chi connectivity index (χ3v) is 5.80. The largest absolute Gasteiger partial charge is 0.496 e. The van der Waals surface area contributed by atoms with Crippen molar-refractivity contribution in [3.63, 3.8) is 0 Å². The molecule has 1 aliphatic rings. The first-order valence-electron chi connectivity index (χ1n) is 10.1. The van der Waals surface area contributed by atoms with Gasteiger partial charge in [-0.1, -0.05) is 35.9 Å². The monoisotopic (exact) mass is 429 g/mol. The summed E-state index contributed by atoms with van der Waals surface area (Å²) in [7, 11) is 1.63. The molecule has 2 aromatic carbocycles. The lowest BCUT2D eigenvalue weighted by Gasteiger charge is -2.37. The summed E-state index contributed by atoms with van der Waals surface area (Å²) in [6, 6.07) is 14.2. The average molecular weight is 430 g/mol. The Morgan fingerprint density at radius 3 is 2.40 bits per heavy atom. The van der Waals surface area contributed by atoms with Crippen LogP contribution in [0.1, 0.15) is 35.8 Å². The van der Waals surface area contributed by atoms with Crippen molar-refractivity contribution in [3.8, 4) is 5.75 Å². The summed E-state index contributed by atoms with van der Waals surface area (Å²) in [5.74, 6) is 0.688. The van der Waals surface area contributed by atoms with Gasteiger partial charge in [-0.05, 0) is 38.1 Å². The first kappa shape index (κ1) is 22.1. The predicted molar refractivity (Wildman–Crippen MR) is 118 cm³/mol. The van der Waals surface area contributed by atoms with Gasteiger partial charge >= 0.3 is 0 Å². The Kier molecular flexibility index (Phi) is 7.34. The quantitative estimate of drug-likeness (QED) is 0.764. The highest BCUT2D eigenvalue weighted by molar-refractivity contribution is 6.30. The smallest absolute Gasteiger partial charge is 0.253 e. The lowest BCUT2D eigenvalue weighted by Crippen LogP contribution is -2.55. The van der Waals surface area contributed by atoms with Gasteiger partial charge in [0.2, 0.25) is 5.91 Å². The van der Waals surface area contributed by atoms with Crippen molar-refractivity contribution in [3.05, 3.63) is 64.7 Å². The molecule has 2 unspecified atom stereocenters. The van der Waals surface area contributed by atoms with Crippen molar-refractivity contribution >= 4 is 23.4 Å². The van der Waals surface area contributed by atoms with E-state index >= 15 is 0 Å².